The number of anilines is 1. The van der Waals surface area contributed by atoms with Gasteiger partial charge in [0.05, 0.1) is 34.6 Å². The highest BCUT2D eigenvalue weighted by molar-refractivity contribution is 8.18. The molecule has 5 heterocycles. The molecule has 2 fully saturated rings. The van der Waals surface area contributed by atoms with E-state index in [0.29, 0.717) is 29.0 Å². The average molecular weight is 568 g/mol. The number of carbonyl (C=O) groups excluding carboxylic acids is 2. The van der Waals surface area contributed by atoms with Crippen molar-refractivity contribution in [2.75, 3.05) is 31.6 Å². The maximum absolute atomic E-state index is 11.9. The van der Waals surface area contributed by atoms with Crippen LogP contribution < -0.4 is 20.3 Å². The molecule has 2 aliphatic rings. The molecule has 1 aromatic carbocycles. The van der Waals surface area contributed by atoms with Crippen LogP contribution in [-0.2, 0) is 11.3 Å². The van der Waals surface area contributed by atoms with Crippen molar-refractivity contribution in [3.8, 4) is 17.0 Å². The van der Waals surface area contributed by atoms with Crippen LogP contribution in [0.25, 0.3) is 28.2 Å². The average Bonchev–Trinajstić information content (AvgIpc) is 3.33. The van der Waals surface area contributed by atoms with Gasteiger partial charge in [0, 0.05) is 43.0 Å². The Morgan fingerprint density at radius 3 is 2.68 bits per heavy atom. The Balaban J connectivity index is 1.06. The number of piperidine rings is 1. The van der Waals surface area contributed by atoms with Gasteiger partial charge in [0.2, 0.25) is 5.95 Å². The van der Waals surface area contributed by atoms with Gasteiger partial charge >= 0.3 is 0 Å². The summed E-state index contributed by atoms with van der Waals surface area (Å²) < 4.78 is 5.61. The molecule has 0 saturated carbocycles. The number of carbonyl (C=O) groups is 2. The van der Waals surface area contributed by atoms with Gasteiger partial charge in [-0.3, -0.25) is 19.9 Å². The minimum absolute atomic E-state index is 0.343. The summed E-state index contributed by atoms with van der Waals surface area (Å²) in [5.41, 5.74) is 4.37. The summed E-state index contributed by atoms with van der Waals surface area (Å²) in [6, 6.07) is 15.8. The zero-order valence-electron chi connectivity index (χ0n) is 22.5. The maximum atomic E-state index is 11.9. The first-order valence-corrected chi connectivity index (χ1v) is 14.3. The van der Waals surface area contributed by atoms with E-state index in [9.17, 15) is 9.59 Å². The number of pyridine rings is 2. The first-order chi connectivity index (χ1) is 20.1. The van der Waals surface area contributed by atoms with Crippen molar-refractivity contribution in [2.24, 2.45) is 5.92 Å². The Bertz CT molecular complexity index is 1630. The van der Waals surface area contributed by atoms with E-state index in [1.54, 1.807) is 25.4 Å². The van der Waals surface area contributed by atoms with Gasteiger partial charge < -0.3 is 15.0 Å². The van der Waals surface area contributed by atoms with Crippen molar-refractivity contribution in [2.45, 2.75) is 19.4 Å². The van der Waals surface area contributed by atoms with E-state index in [2.05, 4.69) is 36.6 Å². The molecule has 4 aromatic rings. The van der Waals surface area contributed by atoms with Crippen molar-refractivity contribution >= 4 is 45.8 Å². The second-order valence-corrected chi connectivity index (χ2v) is 10.9. The molecule has 2 amide bonds. The Labute approximate surface area is 241 Å². The third-order valence-electron chi connectivity index (χ3n) is 7.29. The summed E-state index contributed by atoms with van der Waals surface area (Å²) in [5, 5.41) is 6.56. The third kappa shape index (κ3) is 6.06. The summed E-state index contributed by atoms with van der Waals surface area (Å²) in [5.74, 6) is 1.52. The number of thioether (sulfide) groups is 1. The largest absolute Gasteiger partial charge is 0.495 e. The minimum atomic E-state index is -0.390. The van der Waals surface area contributed by atoms with E-state index in [0.717, 1.165) is 77.8 Å². The van der Waals surface area contributed by atoms with E-state index in [1.165, 1.54) is 0 Å². The monoisotopic (exact) mass is 567 g/mol. The predicted molar refractivity (Wildman–Crippen MR) is 159 cm³/mol. The predicted octanol–water partition coefficient (Wildman–Crippen LogP) is 4.43. The smallest absolute Gasteiger partial charge is 0.290 e. The maximum Gasteiger partial charge on any atom is 0.290 e. The first kappa shape index (κ1) is 26.9. The van der Waals surface area contributed by atoms with Gasteiger partial charge in [0.25, 0.3) is 11.1 Å². The number of para-hydroxylation sites is 1. The number of nitrogens with one attached hydrogen (secondary N) is 2. The Hall–Kier alpha value is -4.35. The summed E-state index contributed by atoms with van der Waals surface area (Å²) >= 11 is 0.884. The van der Waals surface area contributed by atoms with Crippen molar-refractivity contribution in [1.82, 2.24) is 30.6 Å². The van der Waals surface area contributed by atoms with Gasteiger partial charge in [-0.05, 0) is 73.5 Å². The number of hydrogen-bond acceptors (Lipinski definition) is 10. The van der Waals surface area contributed by atoms with E-state index >= 15 is 0 Å². The number of fused-ring (bicyclic) bond motifs is 1. The molecular formula is C30H29N7O3S. The highest BCUT2D eigenvalue weighted by Gasteiger charge is 2.26. The molecule has 0 spiro atoms. The van der Waals surface area contributed by atoms with Crippen molar-refractivity contribution in [3.63, 3.8) is 0 Å². The summed E-state index contributed by atoms with van der Waals surface area (Å²) in [7, 11) is 1.67. The minimum Gasteiger partial charge on any atom is -0.495 e. The lowest BCUT2D eigenvalue weighted by Crippen LogP contribution is -2.38. The number of methoxy groups -OCH3 is 1. The molecule has 6 rings (SSSR count). The number of imide groups is 1. The van der Waals surface area contributed by atoms with Gasteiger partial charge in [-0.25, -0.2) is 15.0 Å². The molecule has 41 heavy (non-hydrogen) atoms. The highest BCUT2D eigenvalue weighted by Crippen LogP contribution is 2.29. The summed E-state index contributed by atoms with van der Waals surface area (Å²) in [6.45, 7) is 3.15. The summed E-state index contributed by atoms with van der Waals surface area (Å²) in [4.78, 5) is 44.3. The normalized spacial score (nSPS) is 16.9. The molecule has 0 radical (unpaired) electrons. The van der Waals surface area contributed by atoms with Crippen LogP contribution in [0.5, 0.6) is 5.75 Å². The topological polar surface area (TPSA) is 122 Å². The molecule has 2 N–H and O–H groups in total. The number of nitrogens with zero attached hydrogens (tertiary/aromatic N) is 5. The zero-order chi connectivity index (χ0) is 28.2. The number of hydrogen-bond donors (Lipinski definition) is 2. The fraction of sp³-hybridized carbons (Fsp3) is 0.267. The molecule has 11 heteroatoms. The lowest BCUT2D eigenvalue weighted by molar-refractivity contribution is -0.115. The number of rotatable bonds is 8. The van der Waals surface area contributed by atoms with Crippen molar-refractivity contribution < 1.29 is 14.3 Å². The second-order valence-electron chi connectivity index (χ2n) is 9.92. The molecular weight excluding hydrogens is 538 g/mol. The Morgan fingerprint density at radius 1 is 1.05 bits per heavy atom. The fourth-order valence-corrected chi connectivity index (χ4v) is 5.82. The molecule has 0 atom stereocenters. The van der Waals surface area contributed by atoms with E-state index in [1.807, 2.05) is 42.6 Å². The Morgan fingerprint density at radius 2 is 1.88 bits per heavy atom. The number of aromatic nitrogens is 4. The fourth-order valence-electron chi connectivity index (χ4n) is 5.15. The zero-order valence-corrected chi connectivity index (χ0v) is 23.4. The van der Waals surface area contributed by atoms with Crippen LogP contribution in [0.1, 0.15) is 24.2 Å². The molecule has 0 aliphatic carbocycles. The number of benzene rings is 1. The van der Waals surface area contributed by atoms with Crippen LogP contribution in [0.15, 0.2) is 65.8 Å². The molecule has 2 saturated heterocycles. The van der Waals surface area contributed by atoms with Gasteiger partial charge in [-0.2, -0.15) is 0 Å². The molecule has 208 valence electrons. The van der Waals surface area contributed by atoms with Crippen LogP contribution in [0.3, 0.4) is 0 Å². The van der Waals surface area contributed by atoms with Crippen LogP contribution >= 0.6 is 11.8 Å². The molecule has 10 nitrogen and oxygen atoms in total. The van der Waals surface area contributed by atoms with Crippen LogP contribution in [0, 0.1) is 5.92 Å². The highest BCUT2D eigenvalue weighted by atomic mass is 32.2. The van der Waals surface area contributed by atoms with Crippen LogP contribution in [0.4, 0.5) is 10.7 Å². The SMILES string of the molecule is COc1ccc(-c2ccnc3ccccc23)nc1CNCC1CCN(c2nccc(/C=C3\SC(=O)NC3=O)n2)CC1. The van der Waals surface area contributed by atoms with E-state index in [-0.39, 0.29) is 11.1 Å². The van der Waals surface area contributed by atoms with Gasteiger partial charge in [0.15, 0.2) is 0 Å². The van der Waals surface area contributed by atoms with Gasteiger partial charge in [-0.15, -0.1) is 0 Å². The lowest BCUT2D eigenvalue weighted by atomic mass is 9.97. The molecule has 0 unspecified atom stereocenters. The molecule has 3 aromatic heterocycles. The van der Waals surface area contributed by atoms with Gasteiger partial charge in [-0.1, -0.05) is 18.2 Å². The van der Waals surface area contributed by atoms with Crippen molar-refractivity contribution in [3.05, 3.63) is 77.2 Å². The van der Waals surface area contributed by atoms with Crippen molar-refractivity contribution in [1.29, 1.82) is 0 Å². The number of ether oxygens (including phenoxy) is 1. The first-order valence-electron chi connectivity index (χ1n) is 13.5. The quantitative estimate of drug-likeness (QED) is 0.296. The van der Waals surface area contributed by atoms with Crippen LogP contribution in [0.2, 0.25) is 0 Å². The van der Waals surface area contributed by atoms with Gasteiger partial charge in [0.1, 0.15) is 5.75 Å². The standard InChI is InChI=1S/C30H29N7O3S/c1-40-26-7-6-24(22-9-13-32-23-5-3-2-4-21(22)23)35-25(26)18-31-17-19-10-14-37(15-11-19)29-33-12-8-20(34-29)16-27-28(38)36-30(39)41-27/h2-9,12-13,16,19,31H,10-11,14-15,17-18H2,1H3,(H,36,38,39)/b27-16-. The van der Waals surface area contributed by atoms with E-state index < -0.39 is 0 Å². The lowest BCUT2D eigenvalue weighted by Gasteiger charge is -2.32. The van der Waals surface area contributed by atoms with E-state index in [4.69, 9.17) is 9.72 Å². The number of amides is 2. The Kier molecular flexibility index (Phi) is 7.88. The third-order valence-corrected chi connectivity index (χ3v) is 8.10. The summed E-state index contributed by atoms with van der Waals surface area (Å²) in [6.07, 6.45) is 7.14. The molecule has 2 aliphatic heterocycles. The van der Waals surface area contributed by atoms with Crippen LogP contribution in [-0.4, -0.2) is 57.8 Å². The molecule has 0 bridgehead atoms. The second kappa shape index (κ2) is 12.0.